The Labute approximate surface area is 196 Å². The highest BCUT2D eigenvalue weighted by atomic mass is 16.7. The molecule has 5 rings (SSSR count). The lowest BCUT2D eigenvalue weighted by atomic mass is 9.74. The standard InChI is InChI=1S/C24H27N3O7/c28-23(19-14-18(27(29)30)2-3-20(19)26-7-11-32-12-8-26)25-15-24(5-9-31-10-6-24)17-1-4-21-22(13-17)34-16-33-21/h1-4,13-14H,5-12,15-16H2,(H,25,28). The normalized spacial score (nSPS) is 19.0. The van der Waals surface area contributed by atoms with E-state index >= 15 is 0 Å². The van der Waals surface area contributed by atoms with Gasteiger partial charge in [-0.1, -0.05) is 6.07 Å². The number of nitrogens with zero attached hydrogens (tertiary/aromatic N) is 2. The number of nitro groups is 1. The molecule has 2 aromatic rings. The van der Waals surface area contributed by atoms with Gasteiger partial charge in [0.2, 0.25) is 6.79 Å². The molecule has 3 aliphatic rings. The van der Waals surface area contributed by atoms with Crippen molar-refractivity contribution in [1.82, 2.24) is 5.32 Å². The van der Waals surface area contributed by atoms with Gasteiger partial charge in [-0.2, -0.15) is 0 Å². The first kappa shape index (κ1) is 22.4. The van der Waals surface area contributed by atoms with Gasteiger partial charge in [0.05, 0.1) is 29.4 Å². The number of rotatable bonds is 6. The monoisotopic (exact) mass is 469 g/mol. The summed E-state index contributed by atoms with van der Waals surface area (Å²) in [6.07, 6.45) is 1.47. The van der Waals surface area contributed by atoms with E-state index in [1.807, 2.05) is 23.1 Å². The second-order valence-corrected chi connectivity index (χ2v) is 8.70. The number of carbonyl (C=O) groups excluding carboxylic acids is 1. The van der Waals surface area contributed by atoms with Crippen LogP contribution in [0.1, 0.15) is 28.8 Å². The quantitative estimate of drug-likeness (QED) is 0.508. The zero-order valence-electron chi connectivity index (χ0n) is 18.8. The Morgan fingerprint density at radius 2 is 1.74 bits per heavy atom. The van der Waals surface area contributed by atoms with E-state index in [1.165, 1.54) is 12.1 Å². The van der Waals surface area contributed by atoms with Crippen LogP contribution in [0.4, 0.5) is 11.4 Å². The van der Waals surface area contributed by atoms with Crippen molar-refractivity contribution in [2.75, 3.05) is 57.8 Å². The molecule has 0 saturated carbocycles. The van der Waals surface area contributed by atoms with Crippen molar-refractivity contribution < 1.29 is 28.7 Å². The summed E-state index contributed by atoms with van der Waals surface area (Å²) in [5.41, 5.74) is 1.57. The van der Waals surface area contributed by atoms with Crippen LogP contribution in [-0.2, 0) is 14.9 Å². The number of morpholine rings is 1. The van der Waals surface area contributed by atoms with Crippen molar-refractivity contribution >= 4 is 17.3 Å². The molecule has 0 aliphatic carbocycles. The lowest BCUT2D eigenvalue weighted by Gasteiger charge is -2.38. The van der Waals surface area contributed by atoms with E-state index in [-0.39, 0.29) is 23.8 Å². The third-order valence-corrected chi connectivity index (χ3v) is 6.81. The lowest BCUT2D eigenvalue weighted by molar-refractivity contribution is -0.384. The summed E-state index contributed by atoms with van der Waals surface area (Å²) >= 11 is 0. The number of benzene rings is 2. The van der Waals surface area contributed by atoms with Crippen LogP contribution in [0.15, 0.2) is 36.4 Å². The molecule has 10 nitrogen and oxygen atoms in total. The molecular weight excluding hydrogens is 442 g/mol. The number of nitrogens with one attached hydrogen (secondary N) is 1. The minimum Gasteiger partial charge on any atom is -0.454 e. The average Bonchev–Trinajstić information content (AvgIpc) is 3.36. The summed E-state index contributed by atoms with van der Waals surface area (Å²) < 4.78 is 22.0. The summed E-state index contributed by atoms with van der Waals surface area (Å²) in [5, 5.41) is 14.5. The topological polar surface area (TPSA) is 112 Å². The molecule has 0 spiro atoms. The number of anilines is 1. The minimum absolute atomic E-state index is 0.112. The summed E-state index contributed by atoms with van der Waals surface area (Å²) in [6, 6.07) is 10.3. The fraction of sp³-hybridized carbons (Fsp3) is 0.458. The molecule has 3 aliphatic heterocycles. The van der Waals surface area contributed by atoms with Gasteiger partial charge in [0.15, 0.2) is 11.5 Å². The van der Waals surface area contributed by atoms with E-state index in [0.717, 1.165) is 18.4 Å². The molecule has 0 unspecified atom stereocenters. The Kier molecular flexibility index (Phi) is 6.25. The molecule has 0 bridgehead atoms. The maximum Gasteiger partial charge on any atom is 0.270 e. The lowest BCUT2D eigenvalue weighted by Crippen LogP contribution is -2.45. The number of amides is 1. The third kappa shape index (κ3) is 4.38. The largest absolute Gasteiger partial charge is 0.454 e. The van der Waals surface area contributed by atoms with Crippen LogP contribution in [0, 0.1) is 10.1 Å². The fourth-order valence-corrected chi connectivity index (χ4v) is 4.80. The number of fused-ring (bicyclic) bond motifs is 1. The van der Waals surface area contributed by atoms with Crippen LogP contribution >= 0.6 is 0 Å². The number of carbonyl (C=O) groups is 1. The van der Waals surface area contributed by atoms with Gasteiger partial charge in [-0.05, 0) is 36.6 Å². The van der Waals surface area contributed by atoms with E-state index in [2.05, 4.69) is 5.32 Å². The van der Waals surface area contributed by atoms with Gasteiger partial charge in [0.1, 0.15) is 0 Å². The van der Waals surface area contributed by atoms with Crippen molar-refractivity contribution in [3.05, 3.63) is 57.6 Å². The second-order valence-electron chi connectivity index (χ2n) is 8.70. The van der Waals surface area contributed by atoms with Crippen LogP contribution in [0.25, 0.3) is 0 Å². The van der Waals surface area contributed by atoms with Crippen LogP contribution in [0.2, 0.25) is 0 Å². The van der Waals surface area contributed by atoms with E-state index in [1.54, 1.807) is 6.07 Å². The predicted molar refractivity (Wildman–Crippen MR) is 123 cm³/mol. The highest BCUT2D eigenvalue weighted by Gasteiger charge is 2.36. The van der Waals surface area contributed by atoms with Gasteiger partial charge in [-0.15, -0.1) is 0 Å². The smallest absolute Gasteiger partial charge is 0.270 e. The molecule has 34 heavy (non-hydrogen) atoms. The zero-order valence-corrected chi connectivity index (χ0v) is 18.8. The van der Waals surface area contributed by atoms with E-state index in [9.17, 15) is 14.9 Å². The Morgan fingerprint density at radius 3 is 2.50 bits per heavy atom. The number of non-ortho nitro benzene ring substituents is 1. The van der Waals surface area contributed by atoms with E-state index in [0.29, 0.717) is 68.8 Å². The van der Waals surface area contributed by atoms with E-state index in [4.69, 9.17) is 18.9 Å². The van der Waals surface area contributed by atoms with Gasteiger partial charge >= 0.3 is 0 Å². The Morgan fingerprint density at radius 1 is 1.00 bits per heavy atom. The number of nitro benzene ring substituents is 1. The molecule has 10 heteroatoms. The Hall–Kier alpha value is -3.37. The first-order chi connectivity index (χ1) is 16.6. The molecular formula is C24H27N3O7. The molecule has 2 fully saturated rings. The van der Waals surface area contributed by atoms with Crippen molar-refractivity contribution in [1.29, 1.82) is 0 Å². The summed E-state index contributed by atoms with van der Waals surface area (Å²) in [6.45, 7) is 4.08. The zero-order chi connectivity index (χ0) is 23.5. The van der Waals surface area contributed by atoms with Crippen molar-refractivity contribution in [3.63, 3.8) is 0 Å². The SMILES string of the molecule is O=C(NCC1(c2ccc3c(c2)OCO3)CCOCC1)c1cc([N+](=O)[O-])ccc1N1CCOCC1. The van der Waals surface area contributed by atoms with Gasteiger partial charge in [0, 0.05) is 50.4 Å². The molecule has 2 aromatic carbocycles. The highest BCUT2D eigenvalue weighted by Crippen LogP contribution is 2.40. The molecule has 180 valence electrons. The highest BCUT2D eigenvalue weighted by molar-refractivity contribution is 6.00. The Bertz CT molecular complexity index is 1080. The third-order valence-electron chi connectivity index (χ3n) is 6.81. The van der Waals surface area contributed by atoms with Gasteiger partial charge in [0.25, 0.3) is 11.6 Å². The number of hydrogen-bond donors (Lipinski definition) is 1. The van der Waals surface area contributed by atoms with Gasteiger partial charge < -0.3 is 29.2 Å². The first-order valence-corrected chi connectivity index (χ1v) is 11.4. The number of hydrogen-bond acceptors (Lipinski definition) is 8. The molecule has 1 amide bonds. The molecule has 1 N–H and O–H groups in total. The van der Waals surface area contributed by atoms with Crippen LogP contribution in [-0.4, -0.2) is 63.7 Å². The molecule has 0 radical (unpaired) electrons. The summed E-state index contributed by atoms with van der Waals surface area (Å²) in [5.74, 6) is 1.07. The van der Waals surface area contributed by atoms with Crippen molar-refractivity contribution in [2.45, 2.75) is 18.3 Å². The van der Waals surface area contributed by atoms with E-state index < -0.39 is 4.92 Å². The van der Waals surface area contributed by atoms with Crippen LogP contribution in [0.3, 0.4) is 0 Å². The van der Waals surface area contributed by atoms with Crippen LogP contribution < -0.4 is 19.7 Å². The molecule has 0 aromatic heterocycles. The average molecular weight is 469 g/mol. The van der Waals surface area contributed by atoms with Crippen molar-refractivity contribution in [2.24, 2.45) is 0 Å². The maximum atomic E-state index is 13.4. The van der Waals surface area contributed by atoms with Gasteiger partial charge in [-0.3, -0.25) is 14.9 Å². The summed E-state index contributed by atoms with van der Waals surface area (Å²) in [7, 11) is 0. The second kappa shape index (κ2) is 9.47. The molecule has 3 heterocycles. The first-order valence-electron chi connectivity index (χ1n) is 11.4. The van der Waals surface area contributed by atoms with Crippen molar-refractivity contribution in [3.8, 4) is 11.5 Å². The van der Waals surface area contributed by atoms with Crippen LogP contribution in [0.5, 0.6) is 11.5 Å². The Balaban J connectivity index is 1.41. The predicted octanol–water partition coefficient (Wildman–Crippen LogP) is 2.64. The van der Waals surface area contributed by atoms with Gasteiger partial charge in [-0.25, -0.2) is 0 Å². The number of ether oxygens (including phenoxy) is 4. The summed E-state index contributed by atoms with van der Waals surface area (Å²) in [4.78, 5) is 26.4. The minimum atomic E-state index is -0.480. The molecule has 2 saturated heterocycles. The fourth-order valence-electron chi connectivity index (χ4n) is 4.80. The maximum absolute atomic E-state index is 13.4. The molecule has 0 atom stereocenters.